The summed E-state index contributed by atoms with van der Waals surface area (Å²) in [6.45, 7) is 6.60. The summed E-state index contributed by atoms with van der Waals surface area (Å²) in [5.74, 6) is 6.24. The van der Waals surface area contributed by atoms with Crippen molar-refractivity contribution in [2.75, 3.05) is 6.54 Å². The van der Waals surface area contributed by atoms with Crippen LogP contribution < -0.4 is 21.9 Å². The second-order valence-electron chi connectivity index (χ2n) is 4.88. The lowest BCUT2D eigenvalue weighted by Crippen LogP contribution is -2.51. The lowest BCUT2D eigenvalue weighted by Gasteiger charge is -2.16. The second kappa shape index (κ2) is 6.44. The fourth-order valence-corrected chi connectivity index (χ4v) is 1.23. The summed E-state index contributed by atoms with van der Waals surface area (Å²) in [7, 11) is 0. The van der Waals surface area contributed by atoms with Crippen LogP contribution in [0.5, 0.6) is 0 Å². The quantitative estimate of drug-likeness (QED) is 0.230. The van der Waals surface area contributed by atoms with Crippen molar-refractivity contribution < 1.29 is 4.79 Å². The van der Waals surface area contributed by atoms with Gasteiger partial charge in [0.25, 0.3) is 0 Å². The minimum Gasteiger partial charge on any atom is -0.352 e. The molecule has 1 aliphatic rings. The predicted molar refractivity (Wildman–Crippen MR) is 68.2 cm³/mol. The van der Waals surface area contributed by atoms with Crippen LogP contribution in [0, 0.1) is 5.92 Å². The van der Waals surface area contributed by atoms with Crippen molar-refractivity contribution in [3.05, 3.63) is 0 Å². The lowest BCUT2D eigenvalue weighted by atomic mass is 10.2. The van der Waals surface area contributed by atoms with Crippen LogP contribution in [0.3, 0.4) is 0 Å². The molecular formula is C11H23N5O. The van der Waals surface area contributed by atoms with E-state index in [2.05, 4.69) is 34.9 Å². The van der Waals surface area contributed by atoms with Gasteiger partial charge < -0.3 is 10.6 Å². The van der Waals surface area contributed by atoms with Gasteiger partial charge in [0.15, 0.2) is 0 Å². The van der Waals surface area contributed by atoms with Crippen LogP contribution in [0.25, 0.3) is 0 Å². The van der Waals surface area contributed by atoms with Gasteiger partial charge in [-0.15, -0.1) is 0 Å². The zero-order valence-corrected chi connectivity index (χ0v) is 10.8. The van der Waals surface area contributed by atoms with E-state index < -0.39 is 0 Å². The van der Waals surface area contributed by atoms with Crippen molar-refractivity contribution in [2.24, 2.45) is 16.8 Å². The molecule has 1 fully saturated rings. The molecule has 0 radical (unpaired) electrons. The molecular weight excluding hydrogens is 218 g/mol. The summed E-state index contributed by atoms with van der Waals surface area (Å²) in [6.07, 6.45) is 2.17. The summed E-state index contributed by atoms with van der Waals surface area (Å²) in [6, 6.07) is 0.0335. The van der Waals surface area contributed by atoms with E-state index in [4.69, 9.17) is 5.84 Å². The number of nitrogens with one attached hydrogen (secondary N) is 3. The third-order valence-corrected chi connectivity index (χ3v) is 2.42. The molecule has 6 heteroatoms. The summed E-state index contributed by atoms with van der Waals surface area (Å²) < 4.78 is 0. The number of nitrogens with two attached hydrogens (primary N) is 1. The average molecular weight is 241 g/mol. The second-order valence-corrected chi connectivity index (χ2v) is 4.88. The number of carbonyl (C=O) groups excluding carboxylic acids is 1. The molecule has 0 aromatic carbocycles. The Bertz CT molecular complexity index is 286. The number of rotatable bonds is 5. The third-order valence-electron chi connectivity index (χ3n) is 2.42. The Morgan fingerprint density at radius 1 is 1.41 bits per heavy atom. The van der Waals surface area contributed by atoms with E-state index in [-0.39, 0.29) is 11.9 Å². The van der Waals surface area contributed by atoms with Crippen LogP contribution in [-0.2, 0) is 4.79 Å². The van der Waals surface area contributed by atoms with Crippen LogP contribution in [0.2, 0.25) is 0 Å². The topological polar surface area (TPSA) is 91.5 Å². The molecule has 1 saturated carbocycles. The lowest BCUT2D eigenvalue weighted by molar-refractivity contribution is -0.122. The molecule has 98 valence electrons. The molecule has 0 aliphatic heterocycles. The van der Waals surface area contributed by atoms with Crippen molar-refractivity contribution in [3.63, 3.8) is 0 Å². The van der Waals surface area contributed by atoms with Gasteiger partial charge in [-0.05, 0) is 25.7 Å². The van der Waals surface area contributed by atoms with Gasteiger partial charge in [0, 0.05) is 12.6 Å². The number of nitrogens with zero attached hydrogens (tertiary/aromatic N) is 1. The minimum atomic E-state index is -0.336. The molecule has 0 aromatic heterocycles. The zero-order chi connectivity index (χ0) is 12.8. The van der Waals surface area contributed by atoms with E-state index >= 15 is 0 Å². The first-order valence-electron chi connectivity index (χ1n) is 6.11. The third kappa shape index (κ3) is 5.53. The Hall–Kier alpha value is -1.30. The van der Waals surface area contributed by atoms with Crippen LogP contribution in [0.15, 0.2) is 4.99 Å². The molecule has 0 aromatic rings. The first-order chi connectivity index (χ1) is 8.02. The van der Waals surface area contributed by atoms with Gasteiger partial charge in [0.05, 0.1) is 0 Å². The first kappa shape index (κ1) is 13.8. The number of carbonyl (C=O) groups is 1. The number of amides is 1. The van der Waals surface area contributed by atoms with Gasteiger partial charge in [-0.25, -0.2) is 5.84 Å². The van der Waals surface area contributed by atoms with E-state index in [0.717, 1.165) is 12.8 Å². The molecule has 1 rings (SSSR count). The van der Waals surface area contributed by atoms with Crippen molar-refractivity contribution in [3.8, 4) is 0 Å². The highest BCUT2D eigenvalue weighted by atomic mass is 16.2. The SMILES string of the molecule is CC(C)CN=C(NN)NC(C)C(=O)NC1CC1. The fraction of sp³-hybridized carbons (Fsp3) is 0.818. The van der Waals surface area contributed by atoms with E-state index in [9.17, 15) is 4.79 Å². The average Bonchev–Trinajstić information content (AvgIpc) is 3.07. The fourth-order valence-electron chi connectivity index (χ4n) is 1.23. The summed E-state index contributed by atoms with van der Waals surface area (Å²) >= 11 is 0. The maximum atomic E-state index is 11.7. The number of aliphatic imine (C=N–C) groups is 1. The first-order valence-corrected chi connectivity index (χ1v) is 6.11. The maximum Gasteiger partial charge on any atom is 0.242 e. The summed E-state index contributed by atoms with van der Waals surface area (Å²) in [5, 5.41) is 5.88. The zero-order valence-electron chi connectivity index (χ0n) is 10.8. The molecule has 1 aliphatic carbocycles. The molecule has 1 atom stereocenters. The number of guanidine groups is 1. The predicted octanol–water partition coefficient (Wildman–Crippen LogP) is -0.282. The number of hydrogen-bond donors (Lipinski definition) is 4. The van der Waals surface area contributed by atoms with E-state index in [1.807, 2.05) is 0 Å². The normalized spacial score (nSPS) is 17.8. The summed E-state index contributed by atoms with van der Waals surface area (Å²) in [4.78, 5) is 15.9. The van der Waals surface area contributed by atoms with Crippen molar-refractivity contribution in [2.45, 2.75) is 45.7 Å². The molecule has 0 spiro atoms. The standard InChI is InChI=1S/C11H23N5O/c1-7(2)6-13-11(16-12)14-8(3)10(17)15-9-4-5-9/h7-9H,4-6,12H2,1-3H3,(H,15,17)(H2,13,14,16). The maximum absolute atomic E-state index is 11.7. The van der Waals surface area contributed by atoms with Gasteiger partial charge in [0.2, 0.25) is 11.9 Å². The largest absolute Gasteiger partial charge is 0.352 e. The van der Waals surface area contributed by atoms with Gasteiger partial charge in [-0.1, -0.05) is 13.8 Å². The Kier molecular flexibility index (Phi) is 5.21. The highest BCUT2D eigenvalue weighted by Gasteiger charge is 2.25. The van der Waals surface area contributed by atoms with Crippen molar-refractivity contribution in [1.82, 2.24) is 16.1 Å². The number of hydrazine groups is 1. The van der Waals surface area contributed by atoms with Crippen molar-refractivity contribution in [1.29, 1.82) is 0 Å². The van der Waals surface area contributed by atoms with Crippen LogP contribution in [-0.4, -0.2) is 30.5 Å². The van der Waals surface area contributed by atoms with Gasteiger partial charge in [-0.3, -0.25) is 15.2 Å². The molecule has 0 heterocycles. The highest BCUT2D eigenvalue weighted by Crippen LogP contribution is 2.18. The highest BCUT2D eigenvalue weighted by molar-refractivity contribution is 5.88. The Morgan fingerprint density at radius 3 is 2.53 bits per heavy atom. The van der Waals surface area contributed by atoms with E-state index in [0.29, 0.717) is 24.5 Å². The van der Waals surface area contributed by atoms with Crippen molar-refractivity contribution >= 4 is 11.9 Å². The Labute approximate surface area is 102 Å². The van der Waals surface area contributed by atoms with Gasteiger partial charge in [0.1, 0.15) is 6.04 Å². The Morgan fingerprint density at radius 2 is 2.06 bits per heavy atom. The smallest absolute Gasteiger partial charge is 0.242 e. The molecule has 6 nitrogen and oxygen atoms in total. The molecule has 0 bridgehead atoms. The van der Waals surface area contributed by atoms with Gasteiger partial charge >= 0.3 is 0 Å². The molecule has 1 amide bonds. The molecule has 5 N–H and O–H groups in total. The van der Waals surface area contributed by atoms with E-state index in [1.54, 1.807) is 6.92 Å². The molecule has 17 heavy (non-hydrogen) atoms. The van der Waals surface area contributed by atoms with Gasteiger partial charge in [-0.2, -0.15) is 0 Å². The van der Waals surface area contributed by atoms with Crippen LogP contribution in [0.1, 0.15) is 33.6 Å². The minimum absolute atomic E-state index is 0.0139. The monoisotopic (exact) mass is 241 g/mol. The molecule has 1 unspecified atom stereocenters. The summed E-state index contributed by atoms with van der Waals surface area (Å²) in [5.41, 5.74) is 2.47. The number of hydrogen-bond acceptors (Lipinski definition) is 3. The van der Waals surface area contributed by atoms with Crippen LogP contribution in [0.4, 0.5) is 0 Å². The van der Waals surface area contributed by atoms with E-state index in [1.165, 1.54) is 0 Å². The molecule has 0 saturated heterocycles. The van der Waals surface area contributed by atoms with Crippen LogP contribution >= 0.6 is 0 Å². The Balaban J connectivity index is 2.37.